The van der Waals surface area contributed by atoms with Crippen molar-refractivity contribution < 1.29 is 91.3 Å². The van der Waals surface area contributed by atoms with Gasteiger partial charge in [-0.25, -0.2) is 14.4 Å². The molecule has 11 rings (SSSR count). The molecule has 93 heavy (non-hydrogen) atoms. The van der Waals surface area contributed by atoms with Crippen LogP contribution in [0.4, 0.5) is 0 Å². The summed E-state index contributed by atoms with van der Waals surface area (Å²) in [6.07, 6.45) is -23.6. The molecule has 0 aromatic heterocycles. The van der Waals surface area contributed by atoms with Crippen LogP contribution >= 0.6 is 0 Å². The first kappa shape index (κ1) is 66.1. The van der Waals surface area contributed by atoms with E-state index in [0.717, 1.165) is 27.8 Å². The number of hydrogen-bond acceptors (Lipinski definition) is 19. The Morgan fingerprint density at radius 3 is 1.09 bits per heavy atom. The summed E-state index contributed by atoms with van der Waals surface area (Å²) in [5.74, 6) is -2.60. The Hall–Kier alpha value is -8.35. The molecule has 8 aromatic carbocycles. The monoisotopic (exact) mass is 1270 g/mol. The van der Waals surface area contributed by atoms with E-state index in [1.165, 1.54) is 24.3 Å². The zero-order chi connectivity index (χ0) is 64.1. The summed E-state index contributed by atoms with van der Waals surface area (Å²) < 4.78 is 87.3. The lowest BCUT2D eigenvalue weighted by atomic mass is 9.95. The summed E-state index contributed by atoms with van der Waals surface area (Å²) >= 11 is 0. The molecular formula is C74H74O19. The molecule has 0 aliphatic carbocycles. The first-order valence-corrected chi connectivity index (χ1v) is 30.9. The van der Waals surface area contributed by atoms with Gasteiger partial charge in [-0.1, -0.05) is 206 Å². The molecule has 484 valence electrons. The predicted octanol–water partition coefficient (Wildman–Crippen LogP) is 9.14. The third-order valence-electron chi connectivity index (χ3n) is 16.0. The van der Waals surface area contributed by atoms with E-state index in [1.807, 2.05) is 152 Å². The lowest BCUT2D eigenvalue weighted by molar-refractivity contribution is -0.383. The summed E-state index contributed by atoms with van der Waals surface area (Å²) in [5, 5.41) is 34.4. The standard InChI is InChI=1S/C74H74O19/c75-60-61(76)72(80)87-57(46-81-41-49-25-9-1-10-26-49)62(60)92-74-68(91-71(79)56-39-23-8-24-40-56)66(64(90-70(78)55-37-21-7-22-38-55)59(89-74)48-86-69(77)54-35-19-6-20-36-54)93-73-67(85-45-53-33-17-5-18-34-53)65(84-44-52-31-15-4-16-32-52)63(83-43-51-29-13-3-14-30-51)58(88-73)47-82-42-50-27-11-2-12-28-50/h1-40,57-68,72-76,80H,41-48H2. The summed E-state index contributed by atoms with van der Waals surface area (Å²) in [7, 11) is 0. The summed E-state index contributed by atoms with van der Waals surface area (Å²) in [4.78, 5) is 43.9. The number of aliphatic hydroxyl groups excluding tert-OH is 3. The van der Waals surface area contributed by atoms with Crippen molar-refractivity contribution in [1.82, 2.24) is 0 Å². The molecule has 3 heterocycles. The van der Waals surface area contributed by atoms with Crippen LogP contribution in [0.15, 0.2) is 243 Å². The smallest absolute Gasteiger partial charge is 0.338 e. The lowest BCUT2D eigenvalue weighted by Crippen LogP contribution is -2.68. The Morgan fingerprint density at radius 2 is 0.645 bits per heavy atom. The Bertz CT molecular complexity index is 3510. The normalized spacial score (nSPS) is 26.1. The summed E-state index contributed by atoms with van der Waals surface area (Å²) in [6.45, 7) is -0.739. The van der Waals surface area contributed by atoms with Gasteiger partial charge >= 0.3 is 17.9 Å². The molecule has 3 saturated heterocycles. The van der Waals surface area contributed by atoms with Crippen LogP contribution in [0.3, 0.4) is 0 Å². The fourth-order valence-corrected chi connectivity index (χ4v) is 11.1. The second-order valence-electron chi connectivity index (χ2n) is 22.6. The molecule has 0 radical (unpaired) electrons. The van der Waals surface area contributed by atoms with Gasteiger partial charge in [0.2, 0.25) is 0 Å². The molecule has 3 fully saturated rings. The summed E-state index contributed by atoms with van der Waals surface area (Å²) in [5.41, 5.74) is 4.44. The predicted molar refractivity (Wildman–Crippen MR) is 335 cm³/mol. The minimum Gasteiger partial charge on any atom is -0.459 e. The molecule has 3 N–H and O–H groups in total. The fraction of sp³-hybridized carbons (Fsp3) is 0.311. The first-order valence-electron chi connectivity index (χ1n) is 30.9. The molecule has 0 bridgehead atoms. The van der Waals surface area contributed by atoms with Crippen LogP contribution < -0.4 is 0 Å². The average Bonchev–Trinajstić information content (AvgIpc) is 0.795. The van der Waals surface area contributed by atoms with Crippen LogP contribution in [-0.2, 0) is 94.6 Å². The third-order valence-corrected chi connectivity index (χ3v) is 16.0. The lowest BCUT2D eigenvalue weighted by Gasteiger charge is -2.50. The molecule has 0 amide bonds. The van der Waals surface area contributed by atoms with Gasteiger partial charge in [0.25, 0.3) is 0 Å². The van der Waals surface area contributed by atoms with E-state index >= 15 is 0 Å². The molecule has 0 spiro atoms. The first-order chi connectivity index (χ1) is 45.6. The third kappa shape index (κ3) is 18.1. The second kappa shape index (κ2) is 33.5. The number of carbonyl (C=O) groups excluding carboxylic acids is 3. The molecule has 0 saturated carbocycles. The van der Waals surface area contributed by atoms with Gasteiger partial charge < -0.3 is 76.9 Å². The zero-order valence-corrected chi connectivity index (χ0v) is 50.8. The minimum atomic E-state index is -1.95. The van der Waals surface area contributed by atoms with Gasteiger partial charge in [-0.15, -0.1) is 0 Å². The topological polar surface area (TPSA) is 232 Å². The maximum Gasteiger partial charge on any atom is 0.338 e. The quantitative estimate of drug-likeness (QED) is 0.0306. The van der Waals surface area contributed by atoms with Crippen molar-refractivity contribution in [2.45, 2.75) is 125 Å². The van der Waals surface area contributed by atoms with Gasteiger partial charge in [-0.2, -0.15) is 0 Å². The number of benzene rings is 8. The van der Waals surface area contributed by atoms with Crippen LogP contribution in [0, 0.1) is 0 Å². The van der Waals surface area contributed by atoms with Crippen LogP contribution in [0.2, 0.25) is 0 Å². The highest BCUT2D eigenvalue weighted by Gasteiger charge is 2.58. The second-order valence-corrected chi connectivity index (χ2v) is 22.6. The van der Waals surface area contributed by atoms with Crippen molar-refractivity contribution in [1.29, 1.82) is 0 Å². The molecule has 19 nitrogen and oxygen atoms in total. The Kier molecular flexibility index (Phi) is 23.8. The number of hydrogen-bond donors (Lipinski definition) is 3. The van der Waals surface area contributed by atoms with Gasteiger partial charge in [-0.3, -0.25) is 0 Å². The van der Waals surface area contributed by atoms with Crippen LogP contribution in [0.25, 0.3) is 0 Å². The van der Waals surface area contributed by atoms with Gasteiger partial charge in [0.05, 0.1) is 62.9 Å². The number of carbonyl (C=O) groups is 3. The average molecular weight is 1270 g/mol. The van der Waals surface area contributed by atoms with E-state index in [4.69, 9.17) is 61.6 Å². The van der Waals surface area contributed by atoms with Crippen molar-refractivity contribution in [2.75, 3.05) is 19.8 Å². The Morgan fingerprint density at radius 1 is 0.312 bits per heavy atom. The van der Waals surface area contributed by atoms with Crippen molar-refractivity contribution >= 4 is 17.9 Å². The molecule has 8 aromatic rings. The highest BCUT2D eigenvalue weighted by molar-refractivity contribution is 5.90. The van der Waals surface area contributed by atoms with Crippen LogP contribution in [-0.4, -0.2) is 145 Å². The van der Waals surface area contributed by atoms with E-state index in [1.54, 1.807) is 66.7 Å². The number of rotatable bonds is 28. The summed E-state index contributed by atoms with van der Waals surface area (Å²) in [6, 6.07) is 71.7. The van der Waals surface area contributed by atoms with Crippen molar-refractivity contribution in [3.63, 3.8) is 0 Å². The Balaban J connectivity index is 1.05. The fourth-order valence-electron chi connectivity index (χ4n) is 11.1. The van der Waals surface area contributed by atoms with Gasteiger partial charge in [-0.05, 0) is 64.2 Å². The minimum absolute atomic E-state index is 0.0294. The van der Waals surface area contributed by atoms with E-state index in [9.17, 15) is 29.7 Å². The van der Waals surface area contributed by atoms with Crippen molar-refractivity contribution in [2.24, 2.45) is 0 Å². The Labute approximate surface area is 539 Å². The van der Waals surface area contributed by atoms with Crippen LogP contribution in [0.1, 0.15) is 58.9 Å². The SMILES string of the molecule is O=C(OCC1OC(OC2C(COCc3ccccc3)OC(O)C(O)C2O)C(OC(=O)c2ccccc2)C(OC2OC(COCc3ccccc3)C(OCc3ccccc3)C(OCc3ccccc3)C2OCc2ccccc2)C1OC(=O)c1ccccc1)c1ccccc1. The van der Waals surface area contributed by atoms with E-state index in [0.29, 0.717) is 0 Å². The van der Waals surface area contributed by atoms with Crippen LogP contribution in [0.5, 0.6) is 0 Å². The largest absolute Gasteiger partial charge is 0.459 e. The molecule has 15 unspecified atom stereocenters. The molecule has 19 heteroatoms. The van der Waals surface area contributed by atoms with E-state index < -0.39 is 117 Å². The maximum atomic E-state index is 15.0. The van der Waals surface area contributed by atoms with E-state index in [-0.39, 0.29) is 62.9 Å². The van der Waals surface area contributed by atoms with Gasteiger partial charge in [0.15, 0.2) is 31.1 Å². The number of esters is 3. The number of ether oxygens (including phenoxy) is 13. The van der Waals surface area contributed by atoms with Gasteiger partial charge in [0.1, 0.15) is 67.6 Å². The van der Waals surface area contributed by atoms with Crippen molar-refractivity contribution in [3.8, 4) is 0 Å². The number of aliphatic hydroxyl groups is 3. The van der Waals surface area contributed by atoms with E-state index in [2.05, 4.69) is 0 Å². The molecule has 3 aliphatic rings. The molecule has 3 aliphatic heterocycles. The highest BCUT2D eigenvalue weighted by atomic mass is 16.8. The maximum absolute atomic E-state index is 15.0. The molecular weight excluding hydrogens is 1190 g/mol. The zero-order valence-electron chi connectivity index (χ0n) is 50.8. The van der Waals surface area contributed by atoms with Crippen molar-refractivity contribution in [3.05, 3.63) is 287 Å². The highest BCUT2D eigenvalue weighted by Crippen LogP contribution is 2.39. The van der Waals surface area contributed by atoms with Gasteiger partial charge in [0, 0.05) is 0 Å². The molecule has 15 atom stereocenters.